The van der Waals surface area contributed by atoms with Crippen molar-refractivity contribution in [1.29, 1.82) is 0 Å². The Labute approximate surface area is 168 Å². The molecule has 5 heteroatoms. The van der Waals surface area contributed by atoms with E-state index >= 15 is 0 Å². The topological polar surface area (TPSA) is 39.7 Å². The molecule has 2 aromatic carbocycles. The molecule has 0 heterocycles. The third kappa shape index (κ3) is 8.36. The minimum Gasteiger partial charge on any atom is -0.355 e. The molecule has 0 bridgehead atoms. The van der Waals surface area contributed by atoms with Crippen molar-refractivity contribution >= 4 is 29.9 Å². The Morgan fingerprint density at radius 3 is 2.28 bits per heavy atom. The summed E-state index contributed by atoms with van der Waals surface area (Å²) in [5.41, 5.74) is 3.87. The van der Waals surface area contributed by atoms with Crippen LogP contribution in [0.5, 0.6) is 0 Å². The SMILES string of the molecule is CN=C(NCCN(C)Cc1ccccc1)NCc1ccc(C)cc1.I. The molecule has 2 aromatic rings. The van der Waals surface area contributed by atoms with Gasteiger partial charge in [-0.3, -0.25) is 4.99 Å². The van der Waals surface area contributed by atoms with Gasteiger partial charge in [-0.25, -0.2) is 0 Å². The fourth-order valence-electron chi connectivity index (χ4n) is 2.45. The van der Waals surface area contributed by atoms with E-state index in [4.69, 9.17) is 0 Å². The van der Waals surface area contributed by atoms with Crippen LogP contribution in [-0.4, -0.2) is 38.0 Å². The van der Waals surface area contributed by atoms with Gasteiger partial charge in [0.2, 0.25) is 0 Å². The molecule has 0 aliphatic rings. The number of nitrogens with zero attached hydrogens (tertiary/aromatic N) is 2. The van der Waals surface area contributed by atoms with Crippen LogP contribution in [0.3, 0.4) is 0 Å². The Balaban J connectivity index is 0.00000312. The van der Waals surface area contributed by atoms with Crippen LogP contribution in [0.2, 0.25) is 0 Å². The van der Waals surface area contributed by atoms with Crippen molar-refractivity contribution in [3.8, 4) is 0 Å². The van der Waals surface area contributed by atoms with Crippen molar-refractivity contribution in [3.63, 3.8) is 0 Å². The molecular weight excluding hydrogens is 423 g/mol. The maximum Gasteiger partial charge on any atom is 0.191 e. The van der Waals surface area contributed by atoms with Gasteiger partial charge in [0, 0.05) is 33.2 Å². The molecule has 0 spiro atoms. The van der Waals surface area contributed by atoms with Crippen LogP contribution in [0.15, 0.2) is 59.6 Å². The molecule has 0 unspecified atom stereocenters. The number of aryl methyl sites for hydroxylation is 1. The first-order valence-corrected chi connectivity index (χ1v) is 8.40. The summed E-state index contributed by atoms with van der Waals surface area (Å²) < 4.78 is 0. The molecule has 25 heavy (non-hydrogen) atoms. The summed E-state index contributed by atoms with van der Waals surface area (Å²) in [6.07, 6.45) is 0. The van der Waals surface area contributed by atoms with Gasteiger partial charge in [-0.05, 0) is 25.1 Å². The second-order valence-corrected chi connectivity index (χ2v) is 6.06. The average Bonchev–Trinajstić information content (AvgIpc) is 2.60. The number of halogens is 1. The van der Waals surface area contributed by atoms with Gasteiger partial charge >= 0.3 is 0 Å². The average molecular weight is 452 g/mol. The van der Waals surface area contributed by atoms with Gasteiger partial charge in [0.25, 0.3) is 0 Å². The molecule has 0 aromatic heterocycles. The first kappa shape index (κ1) is 21.4. The number of guanidine groups is 1. The first-order chi connectivity index (χ1) is 11.7. The summed E-state index contributed by atoms with van der Waals surface area (Å²) in [4.78, 5) is 6.58. The highest BCUT2D eigenvalue weighted by Gasteiger charge is 2.02. The predicted molar refractivity (Wildman–Crippen MR) is 118 cm³/mol. The molecule has 0 amide bonds. The van der Waals surface area contributed by atoms with Gasteiger partial charge in [0.15, 0.2) is 5.96 Å². The van der Waals surface area contributed by atoms with Gasteiger partial charge in [-0.2, -0.15) is 0 Å². The molecule has 2 rings (SSSR count). The third-order valence-electron chi connectivity index (χ3n) is 3.89. The lowest BCUT2D eigenvalue weighted by atomic mass is 10.1. The summed E-state index contributed by atoms with van der Waals surface area (Å²) >= 11 is 0. The van der Waals surface area contributed by atoms with E-state index in [1.54, 1.807) is 7.05 Å². The van der Waals surface area contributed by atoms with E-state index in [-0.39, 0.29) is 24.0 Å². The largest absolute Gasteiger partial charge is 0.355 e. The van der Waals surface area contributed by atoms with Gasteiger partial charge < -0.3 is 15.5 Å². The number of rotatable bonds is 7. The van der Waals surface area contributed by atoms with Gasteiger partial charge in [-0.1, -0.05) is 60.2 Å². The Morgan fingerprint density at radius 2 is 1.64 bits per heavy atom. The van der Waals surface area contributed by atoms with Crippen LogP contribution >= 0.6 is 24.0 Å². The smallest absolute Gasteiger partial charge is 0.191 e. The number of likely N-dealkylation sites (N-methyl/N-ethyl adjacent to an activating group) is 1. The minimum absolute atomic E-state index is 0. The van der Waals surface area contributed by atoms with Crippen molar-refractivity contribution in [2.45, 2.75) is 20.0 Å². The highest BCUT2D eigenvalue weighted by atomic mass is 127. The maximum absolute atomic E-state index is 4.28. The highest BCUT2D eigenvalue weighted by Crippen LogP contribution is 2.03. The molecule has 0 saturated carbocycles. The van der Waals surface area contributed by atoms with Crippen LogP contribution in [0.4, 0.5) is 0 Å². The summed E-state index contributed by atoms with van der Waals surface area (Å²) in [6.45, 7) is 5.65. The van der Waals surface area contributed by atoms with E-state index in [9.17, 15) is 0 Å². The number of aliphatic imine (C=N–C) groups is 1. The Kier molecular flexibility index (Phi) is 10.2. The van der Waals surface area contributed by atoms with Gasteiger partial charge in [0.05, 0.1) is 0 Å². The van der Waals surface area contributed by atoms with E-state index in [2.05, 4.69) is 89.1 Å². The van der Waals surface area contributed by atoms with Crippen LogP contribution < -0.4 is 10.6 Å². The summed E-state index contributed by atoms with van der Waals surface area (Å²) in [5.74, 6) is 0.837. The number of hydrogen-bond acceptors (Lipinski definition) is 2. The fourth-order valence-corrected chi connectivity index (χ4v) is 2.45. The standard InChI is InChI=1S/C20H28N4.HI/c1-17-9-11-18(12-10-17)15-23-20(21-2)22-13-14-24(3)16-19-7-5-4-6-8-19;/h4-12H,13-16H2,1-3H3,(H2,21,22,23);1H. The molecule has 0 aliphatic carbocycles. The predicted octanol–water partition coefficient (Wildman–Crippen LogP) is 3.41. The maximum atomic E-state index is 4.28. The lowest BCUT2D eigenvalue weighted by molar-refractivity contribution is 0.331. The molecular formula is C20H29IN4. The fraction of sp³-hybridized carbons (Fsp3) is 0.350. The quantitative estimate of drug-likeness (QED) is 0.384. The van der Waals surface area contributed by atoms with E-state index < -0.39 is 0 Å². The molecule has 0 saturated heterocycles. The van der Waals surface area contributed by atoms with E-state index in [0.717, 1.165) is 32.1 Å². The Morgan fingerprint density at radius 1 is 0.960 bits per heavy atom. The third-order valence-corrected chi connectivity index (χ3v) is 3.89. The highest BCUT2D eigenvalue weighted by molar-refractivity contribution is 14.0. The molecule has 4 nitrogen and oxygen atoms in total. The lowest BCUT2D eigenvalue weighted by Gasteiger charge is -2.18. The van der Waals surface area contributed by atoms with Gasteiger partial charge in [0.1, 0.15) is 0 Å². The zero-order valence-corrected chi connectivity index (χ0v) is 17.7. The van der Waals surface area contributed by atoms with Crippen LogP contribution in [0.25, 0.3) is 0 Å². The van der Waals surface area contributed by atoms with Crippen LogP contribution in [0.1, 0.15) is 16.7 Å². The molecule has 0 aliphatic heterocycles. The van der Waals surface area contributed by atoms with E-state index in [1.165, 1.54) is 16.7 Å². The van der Waals surface area contributed by atoms with Crippen molar-refractivity contribution in [2.75, 3.05) is 27.2 Å². The second-order valence-electron chi connectivity index (χ2n) is 6.06. The van der Waals surface area contributed by atoms with Crippen molar-refractivity contribution in [3.05, 3.63) is 71.3 Å². The lowest BCUT2D eigenvalue weighted by Crippen LogP contribution is -2.40. The Hall–Kier alpha value is -1.60. The number of benzene rings is 2. The number of hydrogen-bond donors (Lipinski definition) is 2. The monoisotopic (exact) mass is 452 g/mol. The van der Waals surface area contributed by atoms with Crippen molar-refractivity contribution < 1.29 is 0 Å². The molecule has 0 atom stereocenters. The zero-order chi connectivity index (χ0) is 17.2. The molecule has 0 radical (unpaired) electrons. The van der Waals surface area contributed by atoms with Crippen LogP contribution in [-0.2, 0) is 13.1 Å². The normalized spacial score (nSPS) is 11.1. The summed E-state index contributed by atoms with van der Waals surface area (Å²) in [6, 6.07) is 19.1. The van der Waals surface area contributed by atoms with Crippen molar-refractivity contribution in [1.82, 2.24) is 15.5 Å². The zero-order valence-electron chi connectivity index (χ0n) is 15.3. The van der Waals surface area contributed by atoms with Crippen LogP contribution in [0, 0.1) is 6.92 Å². The molecule has 0 fully saturated rings. The second kappa shape index (κ2) is 11.9. The summed E-state index contributed by atoms with van der Waals surface area (Å²) in [7, 11) is 3.94. The van der Waals surface area contributed by atoms with Crippen molar-refractivity contribution in [2.24, 2.45) is 4.99 Å². The summed E-state index contributed by atoms with van der Waals surface area (Å²) in [5, 5.41) is 6.71. The molecule has 2 N–H and O–H groups in total. The van der Waals surface area contributed by atoms with E-state index in [0.29, 0.717) is 0 Å². The first-order valence-electron chi connectivity index (χ1n) is 8.40. The minimum atomic E-state index is 0. The molecule has 136 valence electrons. The van der Waals surface area contributed by atoms with E-state index in [1.807, 2.05) is 0 Å². The van der Waals surface area contributed by atoms with Gasteiger partial charge in [-0.15, -0.1) is 24.0 Å². The number of nitrogens with one attached hydrogen (secondary N) is 2. The Bertz CT molecular complexity index is 626.